The Labute approximate surface area is 118 Å². The van der Waals surface area contributed by atoms with Crippen LogP contribution in [0.2, 0.25) is 0 Å². The molecular weight excluding hydrogens is 254 g/mol. The Hall–Kier alpha value is -1.48. The van der Waals surface area contributed by atoms with Crippen molar-refractivity contribution in [2.24, 2.45) is 5.41 Å². The third kappa shape index (κ3) is 3.74. The molecule has 2 rings (SSSR count). The van der Waals surface area contributed by atoms with Crippen LogP contribution in [-0.2, 0) is 12.8 Å². The van der Waals surface area contributed by atoms with E-state index in [9.17, 15) is 4.79 Å². The lowest BCUT2D eigenvalue weighted by molar-refractivity contribution is 0.0858. The van der Waals surface area contributed by atoms with Crippen LogP contribution >= 0.6 is 11.3 Å². The van der Waals surface area contributed by atoms with Crippen molar-refractivity contribution in [1.82, 2.24) is 4.98 Å². The number of carbonyl (C=O) groups excluding carboxylic acids is 1. The number of nitrogens with zero attached hydrogens (tertiary/aromatic N) is 1. The van der Waals surface area contributed by atoms with Gasteiger partial charge in [0.05, 0.1) is 0 Å². The highest BCUT2D eigenvalue weighted by Gasteiger charge is 2.22. The summed E-state index contributed by atoms with van der Waals surface area (Å²) in [6.07, 6.45) is 3.64. The predicted molar refractivity (Wildman–Crippen MR) is 79.7 cm³/mol. The van der Waals surface area contributed by atoms with Gasteiger partial charge >= 0.3 is 0 Å². The predicted octanol–water partition coefficient (Wildman–Crippen LogP) is 4.16. The minimum absolute atomic E-state index is 0.143. The maximum atomic E-state index is 12.1. The SMILES string of the molecule is CC(C)(C)C(=O)c1ccc(CCc2cccs2)nc1. The summed E-state index contributed by atoms with van der Waals surface area (Å²) in [4.78, 5) is 17.9. The van der Waals surface area contributed by atoms with Gasteiger partial charge in [0, 0.05) is 27.7 Å². The Morgan fingerprint density at radius 3 is 2.53 bits per heavy atom. The van der Waals surface area contributed by atoms with Crippen LogP contribution in [0.3, 0.4) is 0 Å². The van der Waals surface area contributed by atoms with Crippen LogP contribution in [-0.4, -0.2) is 10.8 Å². The van der Waals surface area contributed by atoms with Gasteiger partial charge < -0.3 is 0 Å². The highest BCUT2D eigenvalue weighted by Crippen LogP contribution is 2.20. The fraction of sp³-hybridized carbons (Fsp3) is 0.375. The van der Waals surface area contributed by atoms with Crippen molar-refractivity contribution >= 4 is 17.1 Å². The van der Waals surface area contributed by atoms with Crippen molar-refractivity contribution in [2.75, 3.05) is 0 Å². The lowest BCUT2D eigenvalue weighted by Crippen LogP contribution is -2.20. The fourth-order valence-corrected chi connectivity index (χ4v) is 2.55. The van der Waals surface area contributed by atoms with Gasteiger partial charge in [-0.2, -0.15) is 0 Å². The van der Waals surface area contributed by atoms with Gasteiger partial charge in [-0.1, -0.05) is 26.8 Å². The largest absolute Gasteiger partial charge is 0.294 e. The Kier molecular flexibility index (Phi) is 4.15. The molecule has 0 unspecified atom stereocenters. The molecule has 0 aliphatic carbocycles. The molecule has 0 aliphatic rings. The number of pyridine rings is 1. The van der Waals surface area contributed by atoms with Gasteiger partial charge in [-0.15, -0.1) is 11.3 Å². The quantitative estimate of drug-likeness (QED) is 0.783. The fourth-order valence-electron chi connectivity index (χ4n) is 1.85. The Bertz CT molecular complexity index is 535. The third-order valence-electron chi connectivity index (χ3n) is 2.98. The van der Waals surface area contributed by atoms with E-state index in [1.807, 2.05) is 32.9 Å². The zero-order chi connectivity index (χ0) is 13.9. The summed E-state index contributed by atoms with van der Waals surface area (Å²) in [5.74, 6) is 0.143. The average Bonchev–Trinajstić information content (AvgIpc) is 2.88. The van der Waals surface area contributed by atoms with Crippen molar-refractivity contribution in [3.63, 3.8) is 0 Å². The first-order chi connectivity index (χ1) is 8.97. The average molecular weight is 273 g/mol. The Balaban J connectivity index is 2.00. The van der Waals surface area contributed by atoms with Crippen LogP contribution in [0.25, 0.3) is 0 Å². The Morgan fingerprint density at radius 1 is 1.21 bits per heavy atom. The van der Waals surface area contributed by atoms with Crippen molar-refractivity contribution in [1.29, 1.82) is 0 Å². The molecule has 0 aliphatic heterocycles. The third-order valence-corrected chi connectivity index (χ3v) is 3.91. The monoisotopic (exact) mass is 273 g/mol. The zero-order valence-electron chi connectivity index (χ0n) is 11.6. The second kappa shape index (κ2) is 5.66. The first kappa shape index (κ1) is 13.9. The zero-order valence-corrected chi connectivity index (χ0v) is 12.5. The van der Waals surface area contributed by atoms with Gasteiger partial charge in [-0.05, 0) is 36.4 Å². The van der Waals surface area contributed by atoms with E-state index in [0.717, 1.165) is 18.5 Å². The molecule has 3 heteroatoms. The van der Waals surface area contributed by atoms with E-state index >= 15 is 0 Å². The van der Waals surface area contributed by atoms with Crippen LogP contribution in [0.4, 0.5) is 0 Å². The molecular formula is C16H19NOS. The van der Waals surface area contributed by atoms with E-state index in [1.54, 1.807) is 17.5 Å². The molecule has 0 fully saturated rings. The molecule has 0 saturated carbocycles. The van der Waals surface area contributed by atoms with Crippen molar-refractivity contribution in [2.45, 2.75) is 33.6 Å². The first-order valence-corrected chi connectivity index (χ1v) is 7.37. The van der Waals surface area contributed by atoms with E-state index in [2.05, 4.69) is 22.5 Å². The van der Waals surface area contributed by atoms with Crippen LogP contribution in [0.15, 0.2) is 35.8 Å². The smallest absolute Gasteiger partial charge is 0.169 e. The normalized spacial score (nSPS) is 11.5. The van der Waals surface area contributed by atoms with Gasteiger partial charge in [0.1, 0.15) is 0 Å². The summed E-state index contributed by atoms with van der Waals surface area (Å²) >= 11 is 1.77. The second-order valence-corrected chi connectivity index (χ2v) is 6.73. The highest BCUT2D eigenvalue weighted by molar-refractivity contribution is 7.09. The lowest BCUT2D eigenvalue weighted by atomic mass is 9.87. The van der Waals surface area contributed by atoms with E-state index in [1.165, 1.54) is 4.88 Å². The molecule has 100 valence electrons. The molecule has 0 radical (unpaired) electrons. The van der Waals surface area contributed by atoms with Gasteiger partial charge in [-0.3, -0.25) is 9.78 Å². The van der Waals surface area contributed by atoms with E-state index in [4.69, 9.17) is 0 Å². The number of aromatic nitrogens is 1. The molecule has 0 atom stereocenters. The minimum Gasteiger partial charge on any atom is -0.294 e. The van der Waals surface area contributed by atoms with Crippen LogP contribution in [0, 0.1) is 5.41 Å². The maximum absolute atomic E-state index is 12.1. The van der Waals surface area contributed by atoms with E-state index in [-0.39, 0.29) is 11.2 Å². The van der Waals surface area contributed by atoms with E-state index < -0.39 is 0 Å². The number of carbonyl (C=O) groups is 1. The van der Waals surface area contributed by atoms with Gasteiger partial charge in [0.25, 0.3) is 0 Å². The number of hydrogen-bond donors (Lipinski definition) is 0. The van der Waals surface area contributed by atoms with Gasteiger partial charge in [0.15, 0.2) is 5.78 Å². The molecule has 0 spiro atoms. The molecule has 19 heavy (non-hydrogen) atoms. The molecule has 0 aromatic carbocycles. The van der Waals surface area contributed by atoms with Crippen LogP contribution < -0.4 is 0 Å². The molecule has 0 N–H and O–H groups in total. The van der Waals surface area contributed by atoms with Gasteiger partial charge in [0.2, 0.25) is 0 Å². The number of ketones is 1. The minimum atomic E-state index is -0.347. The summed E-state index contributed by atoms with van der Waals surface area (Å²) in [6, 6.07) is 8.07. The summed E-state index contributed by atoms with van der Waals surface area (Å²) in [7, 11) is 0. The number of aryl methyl sites for hydroxylation is 2. The van der Waals surface area contributed by atoms with E-state index in [0.29, 0.717) is 5.56 Å². The molecule has 2 aromatic heterocycles. The molecule has 2 heterocycles. The summed E-state index contributed by atoms with van der Waals surface area (Å²) in [6.45, 7) is 5.79. The summed E-state index contributed by atoms with van der Waals surface area (Å²) < 4.78 is 0. The molecule has 0 bridgehead atoms. The molecule has 2 aromatic rings. The summed E-state index contributed by atoms with van der Waals surface area (Å²) in [5, 5.41) is 2.09. The number of hydrogen-bond acceptors (Lipinski definition) is 3. The standard InChI is InChI=1S/C16H19NOS/c1-16(2,3)15(18)12-6-7-13(17-11-12)8-9-14-5-4-10-19-14/h4-7,10-11H,8-9H2,1-3H3. The Morgan fingerprint density at radius 2 is 2.00 bits per heavy atom. The van der Waals surface area contributed by atoms with Crippen molar-refractivity contribution in [3.05, 3.63) is 52.0 Å². The number of Topliss-reactive ketones (excluding diaryl/α,β-unsaturated/α-hetero) is 1. The molecule has 0 amide bonds. The first-order valence-electron chi connectivity index (χ1n) is 6.49. The van der Waals surface area contributed by atoms with Crippen molar-refractivity contribution in [3.8, 4) is 0 Å². The number of rotatable bonds is 4. The highest BCUT2D eigenvalue weighted by atomic mass is 32.1. The molecule has 2 nitrogen and oxygen atoms in total. The number of thiophene rings is 1. The van der Waals surface area contributed by atoms with Crippen LogP contribution in [0.5, 0.6) is 0 Å². The summed E-state index contributed by atoms with van der Waals surface area (Å²) in [5.41, 5.74) is 1.39. The lowest BCUT2D eigenvalue weighted by Gasteiger charge is -2.16. The van der Waals surface area contributed by atoms with Crippen molar-refractivity contribution < 1.29 is 4.79 Å². The maximum Gasteiger partial charge on any atom is 0.169 e. The van der Waals surface area contributed by atoms with Gasteiger partial charge in [-0.25, -0.2) is 0 Å². The second-order valence-electron chi connectivity index (χ2n) is 5.70. The van der Waals surface area contributed by atoms with Crippen LogP contribution in [0.1, 0.15) is 41.7 Å². The topological polar surface area (TPSA) is 30.0 Å². The molecule has 0 saturated heterocycles.